The van der Waals surface area contributed by atoms with Crippen molar-refractivity contribution in [1.29, 1.82) is 0 Å². The third-order valence-corrected chi connectivity index (χ3v) is 9.07. The van der Waals surface area contributed by atoms with E-state index in [4.69, 9.17) is 32.7 Å². The Labute approximate surface area is 287 Å². The quantitative estimate of drug-likeness (QED) is 0.163. The van der Waals surface area contributed by atoms with Crippen LogP contribution < -0.4 is 5.32 Å². The van der Waals surface area contributed by atoms with Gasteiger partial charge in [-0.2, -0.15) is 0 Å². The van der Waals surface area contributed by atoms with E-state index in [1.54, 1.807) is 10.9 Å². The van der Waals surface area contributed by atoms with E-state index in [0.717, 1.165) is 38.9 Å². The van der Waals surface area contributed by atoms with E-state index in [1.165, 1.54) is 6.20 Å². The highest BCUT2D eigenvalue weighted by Crippen LogP contribution is 2.39. The van der Waals surface area contributed by atoms with Crippen LogP contribution in [0, 0.1) is 0 Å². The molecular formula is C37H31Cl2N5O4. The van der Waals surface area contributed by atoms with Crippen molar-refractivity contribution < 1.29 is 19.4 Å². The second kappa shape index (κ2) is 14.2. The number of rotatable bonds is 9. The summed E-state index contributed by atoms with van der Waals surface area (Å²) in [5.74, 6) is -0.290. The number of aliphatic hydroxyl groups excluding tert-OH is 1. The molecule has 48 heavy (non-hydrogen) atoms. The number of hydrogen-bond acceptors (Lipinski definition) is 7. The summed E-state index contributed by atoms with van der Waals surface area (Å²) in [7, 11) is 0. The fraction of sp³-hybridized carbons (Fsp3) is 0.189. The lowest BCUT2D eigenvalue weighted by Crippen LogP contribution is -2.32. The number of carbonyl (C=O) groups excluding carboxylic acids is 1. The Morgan fingerprint density at radius 2 is 1.62 bits per heavy atom. The Balaban J connectivity index is 1.09. The summed E-state index contributed by atoms with van der Waals surface area (Å²) in [6.07, 6.45) is 2.51. The zero-order valence-electron chi connectivity index (χ0n) is 25.7. The van der Waals surface area contributed by atoms with Gasteiger partial charge in [0.05, 0.1) is 48.9 Å². The van der Waals surface area contributed by atoms with Crippen LogP contribution in [0.5, 0.6) is 0 Å². The summed E-state index contributed by atoms with van der Waals surface area (Å²) < 4.78 is 14.8. The fourth-order valence-electron chi connectivity index (χ4n) is 5.79. The zero-order chi connectivity index (χ0) is 33.0. The molecule has 0 aliphatic carbocycles. The number of carbonyl (C=O) groups is 1. The second-order valence-corrected chi connectivity index (χ2v) is 12.3. The van der Waals surface area contributed by atoms with Gasteiger partial charge in [0.1, 0.15) is 10.8 Å². The monoisotopic (exact) mass is 679 g/mol. The Kier molecular flexibility index (Phi) is 9.47. The summed E-state index contributed by atoms with van der Waals surface area (Å²) >= 11 is 12.5. The molecule has 11 heteroatoms. The lowest BCUT2D eigenvalue weighted by molar-refractivity contribution is -0.252. The predicted molar refractivity (Wildman–Crippen MR) is 183 cm³/mol. The van der Waals surface area contributed by atoms with Crippen molar-refractivity contribution in [3.63, 3.8) is 0 Å². The summed E-state index contributed by atoms with van der Waals surface area (Å²) in [4.78, 5) is 25.8. The normalized spacial score (nSPS) is 17.8. The minimum atomic E-state index is -0.658. The Hall–Kier alpha value is -4.64. The number of amides is 1. The molecule has 3 heterocycles. The number of hydrogen-bond donors (Lipinski definition) is 2. The molecule has 2 N–H and O–H groups in total. The number of nitrogens with one attached hydrogen (secondary N) is 1. The molecule has 0 spiro atoms. The Morgan fingerprint density at radius 1 is 0.854 bits per heavy atom. The molecule has 1 amide bonds. The average Bonchev–Trinajstić information content (AvgIpc) is 3.45. The van der Waals surface area contributed by atoms with Gasteiger partial charge in [-0.1, -0.05) is 96.0 Å². The summed E-state index contributed by atoms with van der Waals surface area (Å²) in [6.45, 7) is 0.746. The van der Waals surface area contributed by atoms with Gasteiger partial charge < -0.3 is 24.5 Å². The number of aromatic nitrogens is 4. The van der Waals surface area contributed by atoms with Gasteiger partial charge in [-0.3, -0.25) is 9.78 Å². The van der Waals surface area contributed by atoms with Crippen LogP contribution in [-0.4, -0.2) is 36.6 Å². The molecule has 3 atom stereocenters. The molecule has 1 saturated heterocycles. The van der Waals surface area contributed by atoms with Gasteiger partial charge in [0, 0.05) is 18.5 Å². The molecular weight excluding hydrogens is 649 g/mol. The van der Waals surface area contributed by atoms with Crippen LogP contribution in [0.4, 0.5) is 0 Å². The van der Waals surface area contributed by atoms with Crippen molar-refractivity contribution in [2.24, 2.45) is 0 Å². The van der Waals surface area contributed by atoms with Gasteiger partial charge in [-0.25, -0.2) is 9.97 Å². The van der Waals surface area contributed by atoms with E-state index in [-0.39, 0.29) is 35.6 Å². The number of imidazole rings is 1. The van der Waals surface area contributed by atoms with Crippen molar-refractivity contribution in [3.8, 4) is 11.1 Å². The molecule has 9 nitrogen and oxygen atoms in total. The van der Waals surface area contributed by atoms with Gasteiger partial charge >= 0.3 is 0 Å². The topological polar surface area (TPSA) is 111 Å². The number of para-hydroxylation sites is 2. The highest BCUT2D eigenvalue weighted by atomic mass is 35.5. The first-order chi connectivity index (χ1) is 23.4. The van der Waals surface area contributed by atoms with Crippen LogP contribution in [0.15, 0.2) is 110 Å². The number of ether oxygens (including phenoxy) is 2. The van der Waals surface area contributed by atoms with Crippen LogP contribution in [0.3, 0.4) is 0 Å². The summed E-state index contributed by atoms with van der Waals surface area (Å²) in [5.41, 5.74) is 7.25. The Morgan fingerprint density at radius 3 is 2.40 bits per heavy atom. The molecule has 4 aromatic carbocycles. The molecule has 0 radical (unpaired) electrons. The molecule has 1 aliphatic rings. The van der Waals surface area contributed by atoms with E-state index in [9.17, 15) is 9.90 Å². The van der Waals surface area contributed by atoms with Crippen molar-refractivity contribution in [2.45, 2.75) is 44.6 Å². The molecule has 2 aromatic heterocycles. The standard InChI is InChI=1S/C37H31Cl2N5O4/c38-34-35(39)44(22-42-34)20-29-17-33(25-13-11-23(21-45)12-14-25)48-37(47-29)28-8-4-7-27(16-28)26-6-3-5-24(15-26)18-41-36(46)32-19-40-30-9-1-2-10-31(30)43-32/h1-16,19,22,29,33,37,45H,17-18,20-21H2,(H,41,46)/t29-,33+,37+/m0/s1. The predicted octanol–water partition coefficient (Wildman–Crippen LogP) is 7.47. The van der Waals surface area contributed by atoms with Crippen LogP contribution in [-0.2, 0) is 29.2 Å². The third kappa shape index (κ3) is 7.11. The lowest BCUT2D eigenvalue weighted by atomic mass is 9.98. The maximum atomic E-state index is 12.9. The molecule has 1 aliphatic heterocycles. The lowest BCUT2D eigenvalue weighted by Gasteiger charge is -2.36. The first kappa shape index (κ1) is 31.9. The zero-order valence-corrected chi connectivity index (χ0v) is 27.2. The van der Waals surface area contributed by atoms with Crippen molar-refractivity contribution in [1.82, 2.24) is 24.8 Å². The van der Waals surface area contributed by atoms with Crippen molar-refractivity contribution in [3.05, 3.63) is 148 Å². The maximum Gasteiger partial charge on any atom is 0.271 e. The second-order valence-electron chi connectivity index (χ2n) is 11.6. The van der Waals surface area contributed by atoms with E-state index in [0.29, 0.717) is 30.2 Å². The highest BCUT2D eigenvalue weighted by Gasteiger charge is 2.33. The largest absolute Gasteiger partial charge is 0.392 e. The van der Waals surface area contributed by atoms with Crippen molar-refractivity contribution >= 4 is 40.1 Å². The van der Waals surface area contributed by atoms with Crippen LogP contribution in [0.1, 0.15) is 51.6 Å². The van der Waals surface area contributed by atoms with Gasteiger partial charge in [-0.05, 0) is 52.1 Å². The summed E-state index contributed by atoms with van der Waals surface area (Å²) in [5, 5.41) is 13.1. The smallest absolute Gasteiger partial charge is 0.271 e. The number of benzene rings is 4. The molecule has 0 bridgehead atoms. The van der Waals surface area contributed by atoms with Gasteiger partial charge in [0.15, 0.2) is 11.4 Å². The Bertz CT molecular complexity index is 2070. The summed E-state index contributed by atoms with van der Waals surface area (Å²) in [6, 6.07) is 31.3. The van der Waals surface area contributed by atoms with Crippen LogP contribution >= 0.6 is 23.2 Å². The number of aliphatic hydroxyl groups is 1. The fourth-order valence-corrected chi connectivity index (χ4v) is 6.10. The van der Waals surface area contributed by atoms with E-state index in [1.807, 2.05) is 91.0 Å². The molecule has 7 rings (SSSR count). The first-order valence-electron chi connectivity index (χ1n) is 15.5. The molecule has 1 fully saturated rings. The van der Waals surface area contributed by atoms with E-state index >= 15 is 0 Å². The van der Waals surface area contributed by atoms with Crippen LogP contribution in [0.25, 0.3) is 22.2 Å². The number of nitrogens with zero attached hydrogens (tertiary/aromatic N) is 4. The van der Waals surface area contributed by atoms with Crippen LogP contribution in [0.2, 0.25) is 10.3 Å². The van der Waals surface area contributed by atoms with Crippen molar-refractivity contribution in [2.75, 3.05) is 0 Å². The minimum Gasteiger partial charge on any atom is -0.392 e. The van der Waals surface area contributed by atoms with Gasteiger partial charge in [0.25, 0.3) is 5.91 Å². The highest BCUT2D eigenvalue weighted by molar-refractivity contribution is 6.40. The van der Waals surface area contributed by atoms with Gasteiger partial charge in [-0.15, -0.1) is 0 Å². The SMILES string of the molecule is O=C(NCc1cccc(-c2cccc([C@@H]3O[C@H](Cn4cnc(Cl)c4Cl)C[C@H](c4ccc(CO)cc4)O3)c2)c1)c1cnc2ccccc2n1. The van der Waals surface area contributed by atoms with E-state index < -0.39 is 6.29 Å². The minimum absolute atomic E-state index is 0.0282. The number of halogens is 2. The van der Waals surface area contributed by atoms with E-state index in [2.05, 4.69) is 26.3 Å². The number of fused-ring (bicyclic) bond motifs is 1. The molecule has 6 aromatic rings. The molecule has 0 saturated carbocycles. The average molecular weight is 681 g/mol. The molecule has 242 valence electrons. The first-order valence-corrected chi connectivity index (χ1v) is 16.2. The maximum absolute atomic E-state index is 12.9. The molecule has 0 unspecified atom stereocenters. The van der Waals surface area contributed by atoms with Gasteiger partial charge in [0.2, 0.25) is 0 Å². The third-order valence-electron chi connectivity index (χ3n) is 8.30.